The van der Waals surface area contributed by atoms with Crippen LogP contribution in [0.25, 0.3) is 22.2 Å². The lowest BCUT2D eigenvalue weighted by molar-refractivity contribution is 0.242. The Kier molecular flexibility index (Phi) is 5.53. The average Bonchev–Trinajstić information content (AvgIpc) is 3.23. The zero-order valence-corrected chi connectivity index (χ0v) is 19.2. The molecule has 0 spiro atoms. The van der Waals surface area contributed by atoms with E-state index in [9.17, 15) is 9.18 Å². The maximum Gasteiger partial charge on any atom is 0.255 e. The van der Waals surface area contributed by atoms with Crippen LogP contribution in [0.15, 0.2) is 53.3 Å². The number of fused-ring (bicyclic) bond motifs is 2. The van der Waals surface area contributed by atoms with E-state index in [1.165, 1.54) is 37.0 Å². The van der Waals surface area contributed by atoms with Gasteiger partial charge in [0.05, 0.1) is 17.0 Å². The maximum atomic E-state index is 13.5. The highest BCUT2D eigenvalue weighted by Gasteiger charge is 2.26. The van der Waals surface area contributed by atoms with Gasteiger partial charge >= 0.3 is 0 Å². The summed E-state index contributed by atoms with van der Waals surface area (Å²) in [6.45, 7) is 2.15. The van der Waals surface area contributed by atoms with Crippen molar-refractivity contribution in [2.45, 2.75) is 57.5 Å². The third-order valence-electron chi connectivity index (χ3n) is 7.49. The Morgan fingerprint density at radius 1 is 1.00 bits per heavy atom. The summed E-state index contributed by atoms with van der Waals surface area (Å²) in [5, 5.41) is 1.16. The van der Waals surface area contributed by atoms with E-state index >= 15 is 0 Å². The van der Waals surface area contributed by atoms with Crippen LogP contribution >= 0.6 is 0 Å². The minimum atomic E-state index is -0.242. The minimum absolute atomic E-state index is 0.0213. The molecule has 34 heavy (non-hydrogen) atoms. The molecule has 1 aliphatic heterocycles. The third-order valence-corrected chi connectivity index (χ3v) is 7.49. The number of hydrogen-bond acceptors (Lipinski definition) is 3. The first-order chi connectivity index (χ1) is 16.7. The molecular formula is C28H29FN4O. The molecule has 0 atom stereocenters. The minimum Gasteiger partial charge on any atom is -0.354 e. The van der Waals surface area contributed by atoms with Crippen LogP contribution in [0.1, 0.15) is 60.7 Å². The fourth-order valence-corrected chi connectivity index (χ4v) is 5.66. The van der Waals surface area contributed by atoms with Gasteiger partial charge in [-0.1, -0.05) is 37.5 Å². The number of aromatic amines is 2. The lowest BCUT2D eigenvalue weighted by Gasteiger charge is -2.29. The summed E-state index contributed by atoms with van der Waals surface area (Å²) in [5.74, 6) is 1.05. The van der Waals surface area contributed by atoms with E-state index in [0.29, 0.717) is 19.0 Å². The van der Waals surface area contributed by atoms with Crippen molar-refractivity contribution >= 4 is 10.9 Å². The van der Waals surface area contributed by atoms with Crippen LogP contribution in [0.5, 0.6) is 0 Å². The van der Waals surface area contributed by atoms with Crippen molar-refractivity contribution in [3.05, 3.63) is 87.3 Å². The van der Waals surface area contributed by atoms with E-state index in [0.717, 1.165) is 65.0 Å². The summed E-state index contributed by atoms with van der Waals surface area (Å²) in [7, 11) is 0. The van der Waals surface area contributed by atoms with Gasteiger partial charge in [-0.3, -0.25) is 9.69 Å². The Bertz CT molecular complexity index is 1380. The number of benzene rings is 2. The van der Waals surface area contributed by atoms with Gasteiger partial charge in [0.1, 0.15) is 11.6 Å². The number of rotatable bonds is 4. The molecule has 2 aliphatic rings. The van der Waals surface area contributed by atoms with Crippen molar-refractivity contribution in [1.29, 1.82) is 0 Å². The molecule has 1 aliphatic carbocycles. The van der Waals surface area contributed by atoms with Gasteiger partial charge < -0.3 is 9.97 Å². The monoisotopic (exact) mass is 456 g/mol. The molecule has 1 saturated carbocycles. The maximum absolute atomic E-state index is 13.5. The second kappa shape index (κ2) is 8.84. The first-order valence-electron chi connectivity index (χ1n) is 12.4. The van der Waals surface area contributed by atoms with Crippen LogP contribution in [-0.4, -0.2) is 26.4 Å². The van der Waals surface area contributed by atoms with Crippen molar-refractivity contribution in [3.63, 3.8) is 0 Å². The van der Waals surface area contributed by atoms with E-state index in [2.05, 4.69) is 27.0 Å². The molecule has 6 heteroatoms. The highest BCUT2D eigenvalue weighted by atomic mass is 19.1. The predicted octanol–water partition coefficient (Wildman–Crippen LogP) is 5.66. The van der Waals surface area contributed by atoms with E-state index in [4.69, 9.17) is 4.98 Å². The first kappa shape index (κ1) is 21.3. The number of hydrogen-bond donors (Lipinski definition) is 2. The van der Waals surface area contributed by atoms with Gasteiger partial charge in [-0.15, -0.1) is 0 Å². The molecule has 4 aromatic rings. The average molecular weight is 457 g/mol. The molecule has 1 fully saturated rings. The van der Waals surface area contributed by atoms with Crippen molar-refractivity contribution in [2.75, 3.05) is 6.54 Å². The van der Waals surface area contributed by atoms with Crippen LogP contribution in [-0.2, 0) is 19.5 Å². The van der Waals surface area contributed by atoms with Crippen LogP contribution in [0.2, 0.25) is 0 Å². The normalized spacial score (nSPS) is 17.2. The number of nitrogens with zero attached hydrogens (tertiary/aromatic N) is 2. The summed E-state index contributed by atoms with van der Waals surface area (Å²) in [6.07, 6.45) is 6.77. The smallest absolute Gasteiger partial charge is 0.255 e. The van der Waals surface area contributed by atoms with Gasteiger partial charge in [-0.25, -0.2) is 9.37 Å². The van der Waals surface area contributed by atoms with Gasteiger partial charge in [-0.05, 0) is 54.3 Å². The zero-order chi connectivity index (χ0) is 23.1. The molecule has 0 bridgehead atoms. The predicted molar refractivity (Wildman–Crippen MR) is 132 cm³/mol. The summed E-state index contributed by atoms with van der Waals surface area (Å²) in [4.78, 5) is 27.0. The van der Waals surface area contributed by atoms with Gasteiger partial charge in [-0.2, -0.15) is 0 Å². The number of para-hydroxylation sites is 1. The number of aromatic nitrogens is 3. The molecule has 174 valence electrons. The van der Waals surface area contributed by atoms with Crippen molar-refractivity contribution < 1.29 is 4.39 Å². The number of halogens is 1. The molecule has 0 radical (unpaired) electrons. The molecule has 0 amide bonds. The third kappa shape index (κ3) is 3.96. The lowest BCUT2D eigenvalue weighted by atomic mass is 9.88. The number of H-pyrrole nitrogens is 2. The fourth-order valence-electron chi connectivity index (χ4n) is 5.66. The Balaban J connectivity index is 1.31. The lowest BCUT2D eigenvalue weighted by Crippen LogP contribution is -2.36. The summed E-state index contributed by atoms with van der Waals surface area (Å²) in [6, 6.07) is 14.9. The molecular weight excluding hydrogens is 427 g/mol. The molecule has 0 unspecified atom stereocenters. The molecule has 0 saturated heterocycles. The summed E-state index contributed by atoms with van der Waals surface area (Å²) in [5.41, 5.74) is 5.99. The molecule has 2 aromatic heterocycles. The highest BCUT2D eigenvalue weighted by molar-refractivity contribution is 5.90. The van der Waals surface area contributed by atoms with E-state index < -0.39 is 0 Å². The highest BCUT2D eigenvalue weighted by Crippen LogP contribution is 2.33. The summed E-state index contributed by atoms with van der Waals surface area (Å²) < 4.78 is 13.5. The van der Waals surface area contributed by atoms with Crippen LogP contribution in [0.3, 0.4) is 0 Å². The van der Waals surface area contributed by atoms with E-state index in [1.54, 1.807) is 0 Å². The van der Waals surface area contributed by atoms with Crippen molar-refractivity contribution in [3.8, 4) is 11.3 Å². The van der Waals surface area contributed by atoms with E-state index in [1.807, 2.05) is 24.3 Å². The zero-order valence-electron chi connectivity index (χ0n) is 19.2. The van der Waals surface area contributed by atoms with Crippen LogP contribution in [0.4, 0.5) is 4.39 Å². The van der Waals surface area contributed by atoms with Gasteiger partial charge in [0.15, 0.2) is 0 Å². The largest absolute Gasteiger partial charge is 0.354 e. The van der Waals surface area contributed by atoms with Crippen molar-refractivity contribution in [1.82, 2.24) is 19.9 Å². The topological polar surface area (TPSA) is 64.8 Å². The Labute approximate surface area is 198 Å². The standard InChI is InChI=1S/C28H29FN4O/c29-20-12-10-18(11-13-20)26-22(21-8-4-5-9-24(21)30-26)16-33-15-14-25-23(17-33)28(34)32-27(31-25)19-6-2-1-3-7-19/h4-5,8-13,19,30H,1-3,6-7,14-17H2,(H,31,32,34). The molecule has 2 aromatic carbocycles. The first-order valence-corrected chi connectivity index (χ1v) is 12.4. The van der Waals surface area contributed by atoms with Gasteiger partial charge in [0, 0.05) is 42.9 Å². The Morgan fingerprint density at radius 2 is 1.79 bits per heavy atom. The van der Waals surface area contributed by atoms with Gasteiger partial charge in [0.2, 0.25) is 0 Å². The van der Waals surface area contributed by atoms with Crippen LogP contribution in [0, 0.1) is 5.82 Å². The molecule has 3 heterocycles. The fraction of sp³-hybridized carbons (Fsp3) is 0.357. The number of nitrogens with one attached hydrogen (secondary N) is 2. The van der Waals surface area contributed by atoms with Gasteiger partial charge in [0.25, 0.3) is 5.56 Å². The molecule has 5 nitrogen and oxygen atoms in total. The Morgan fingerprint density at radius 3 is 2.62 bits per heavy atom. The quantitative estimate of drug-likeness (QED) is 0.416. The van der Waals surface area contributed by atoms with Crippen molar-refractivity contribution in [2.24, 2.45) is 0 Å². The Hall–Kier alpha value is -3.25. The van der Waals surface area contributed by atoms with Crippen LogP contribution < -0.4 is 5.56 Å². The SMILES string of the molecule is O=c1[nH]c(C2CCCCC2)nc2c1CN(Cc1c(-c3ccc(F)cc3)[nH]c3ccccc13)CC2. The second-order valence-corrected chi connectivity index (χ2v) is 9.70. The molecule has 6 rings (SSSR count). The van der Waals surface area contributed by atoms with E-state index in [-0.39, 0.29) is 11.4 Å². The molecule has 2 N–H and O–H groups in total. The second-order valence-electron chi connectivity index (χ2n) is 9.70. The summed E-state index contributed by atoms with van der Waals surface area (Å²) >= 11 is 0.